The molecule has 0 aliphatic heterocycles. The fourth-order valence-corrected chi connectivity index (χ4v) is 3.12. The Morgan fingerprint density at radius 1 is 1.50 bits per heavy atom. The molecule has 2 N–H and O–H groups in total. The SMILES string of the molecule is CCN(C(=O)c1cccc(C#N)c1)C1CCCC1CN. The van der Waals surface area contributed by atoms with E-state index >= 15 is 0 Å². The quantitative estimate of drug-likeness (QED) is 0.912. The maximum atomic E-state index is 12.7. The molecule has 0 heterocycles. The van der Waals surface area contributed by atoms with Crippen molar-refractivity contribution in [2.24, 2.45) is 11.7 Å². The second-order valence-electron chi connectivity index (χ2n) is 5.28. The highest BCUT2D eigenvalue weighted by Gasteiger charge is 2.33. The number of carbonyl (C=O) groups excluding carboxylic acids is 1. The fourth-order valence-electron chi connectivity index (χ4n) is 3.12. The average molecular weight is 271 g/mol. The summed E-state index contributed by atoms with van der Waals surface area (Å²) >= 11 is 0. The van der Waals surface area contributed by atoms with Crippen LogP contribution in [-0.2, 0) is 0 Å². The number of rotatable bonds is 4. The Morgan fingerprint density at radius 3 is 2.95 bits per heavy atom. The van der Waals surface area contributed by atoms with Crippen molar-refractivity contribution in [3.8, 4) is 6.07 Å². The molecule has 1 aliphatic carbocycles. The van der Waals surface area contributed by atoms with E-state index in [1.807, 2.05) is 11.8 Å². The zero-order valence-electron chi connectivity index (χ0n) is 11.9. The molecule has 1 amide bonds. The largest absolute Gasteiger partial charge is 0.336 e. The molecule has 1 aliphatic rings. The lowest BCUT2D eigenvalue weighted by atomic mass is 10.0. The first kappa shape index (κ1) is 14.5. The molecule has 1 fully saturated rings. The second kappa shape index (κ2) is 6.53. The van der Waals surface area contributed by atoms with Gasteiger partial charge in [0.2, 0.25) is 0 Å². The summed E-state index contributed by atoms with van der Waals surface area (Å²) in [4.78, 5) is 14.6. The fraction of sp³-hybridized carbons (Fsp3) is 0.500. The Morgan fingerprint density at radius 2 is 2.30 bits per heavy atom. The topological polar surface area (TPSA) is 70.1 Å². The predicted octanol–water partition coefficient (Wildman–Crippen LogP) is 2.15. The van der Waals surface area contributed by atoms with Crippen LogP contribution in [0, 0.1) is 17.2 Å². The van der Waals surface area contributed by atoms with Crippen molar-refractivity contribution in [1.29, 1.82) is 5.26 Å². The van der Waals surface area contributed by atoms with Crippen molar-refractivity contribution < 1.29 is 4.79 Å². The van der Waals surface area contributed by atoms with E-state index in [4.69, 9.17) is 11.0 Å². The molecule has 1 aromatic carbocycles. The van der Waals surface area contributed by atoms with Gasteiger partial charge in [0.25, 0.3) is 5.91 Å². The molecular weight excluding hydrogens is 250 g/mol. The molecule has 2 rings (SSSR count). The lowest BCUT2D eigenvalue weighted by Crippen LogP contribution is -2.44. The van der Waals surface area contributed by atoms with Crippen LogP contribution in [-0.4, -0.2) is 29.9 Å². The van der Waals surface area contributed by atoms with Crippen LogP contribution in [0.2, 0.25) is 0 Å². The third-order valence-electron chi connectivity index (χ3n) is 4.16. The summed E-state index contributed by atoms with van der Waals surface area (Å²) in [5.41, 5.74) is 6.93. The zero-order valence-corrected chi connectivity index (χ0v) is 11.9. The molecule has 1 saturated carbocycles. The van der Waals surface area contributed by atoms with Gasteiger partial charge in [-0.15, -0.1) is 0 Å². The molecule has 4 nitrogen and oxygen atoms in total. The molecule has 1 aromatic rings. The molecule has 106 valence electrons. The van der Waals surface area contributed by atoms with Crippen LogP contribution in [0.15, 0.2) is 24.3 Å². The number of hydrogen-bond acceptors (Lipinski definition) is 3. The van der Waals surface area contributed by atoms with E-state index in [0.717, 1.165) is 19.3 Å². The van der Waals surface area contributed by atoms with Gasteiger partial charge in [0.15, 0.2) is 0 Å². The Hall–Kier alpha value is -1.86. The van der Waals surface area contributed by atoms with Crippen molar-refractivity contribution in [2.75, 3.05) is 13.1 Å². The molecule has 0 aromatic heterocycles. The normalized spacial score (nSPS) is 21.4. The lowest BCUT2D eigenvalue weighted by molar-refractivity contribution is 0.0652. The Bertz CT molecular complexity index is 521. The van der Waals surface area contributed by atoms with Crippen molar-refractivity contribution in [2.45, 2.75) is 32.2 Å². The molecular formula is C16H21N3O. The second-order valence-corrected chi connectivity index (χ2v) is 5.28. The molecule has 0 saturated heterocycles. The number of benzene rings is 1. The number of nitriles is 1. The van der Waals surface area contributed by atoms with Gasteiger partial charge < -0.3 is 10.6 Å². The molecule has 0 radical (unpaired) electrons. The van der Waals surface area contributed by atoms with Crippen molar-refractivity contribution >= 4 is 5.91 Å². The Balaban J connectivity index is 2.22. The van der Waals surface area contributed by atoms with Crippen molar-refractivity contribution in [3.05, 3.63) is 35.4 Å². The van der Waals surface area contributed by atoms with E-state index in [9.17, 15) is 4.79 Å². The summed E-state index contributed by atoms with van der Waals surface area (Å²) in [7, 11) is 0. The highest BCUT2D eigenvalue weighted by molar-refractivity contribution is 5.94. The van der Waals surface area contributed by atoms with Gasteiger partial charge in [-0.1, -0.05) is 12.5 Å². The lowest BCUT2D eigenvalue weighted by Gasteiger charge is -2.32. The van der Waals surface area contributed by atoms with Gasteiger partial charge in [0, 0.05) is 18.2 Å². The van der Waals surface area contributed by atoms with Crippen LogP contribution in [0.5, 0.6) is 0 Å². The minimum Gasteiger partial charge on any atom is -0.336 e. The van der Waals surface area contributed by atoms with Crippen LogP contribution >= 0.6 is 0 Å². The first-order valence-electron chi connectivity index (χ1n) is 7.22. The van der Waals surface area contributed by atoms with E-state index in [2.05, 4.69) is 6.07 Å². The highest BCUT2D eigenvalue weighted by atomic mass is 16.2. The van der Waals surface area contributed by atoms with E-state index in [1.165, 1.54) is 0 Å². The summed E-state index contributed by atoms with van der Waals surface area (Å²) in [6.07, 6.45) is 3.26. The Kier molecular flexibility index (Phi) is 4.75. The standard InChI is InChI=1S/C16H21N3O/c1-2-19(15-8-4-7-14(15)11-18)16(20)13-6-3-5-12(9-13)10-17/h3,5-6,9,14-15H,2,4,7-8,11,18H2,1H3. The first-order chi connectivity index (χ1) is 9.71. The van der Waals surface area contributed by atoms with Gasteiger partial charge in [0.1, 0.15) is 0 Å². The molecule has 0 spiro atoms. The molecule has 4 heteroatoms. The van der Waals surface area contributed by atoms with Crippen LogP contribution in [0.3, 0.4) is 0 Å². The molecule has 2 unspecified atom stereocenters. The smallest absolute Gasteiger partial charge is 0.254 e. The number of amides is 1. The monoisotopic (exact) mass is 271 g/mol. The first-order valence-corrected chi connectivity index (χ1v) is 7.22. The van der Waals surface area contributed by atoms with E-state index in [-0.39, 0.29) is 11.9 Å². The van der Waals surface area contributed by atoms with Crippen LogP contribution in [0.25, 0.3) is 0 Å². The van der Waals surface area contributed by atoms with Gasteiger partial charge in [0.05, 0.1) is 11.6 Å². The van der Waals surface area contributed by atoms with Crippen LogP contribution in [0.1, 0.15) is 42.1 Å². The van der Waals surface area contributed by atoms with Gasteiger partial charge in [-0.2, -0.15) is 5.26 Å². The predicted molar refractivity (Wildman–Crippen MR) is 78.1 cm³/mol. The zero-order chi connectivity index (χ0) is 14.5. The number of nitrogens with two attached hydrogens (primary N) is 1. The third kappa shape index (κ3) is 2.83. The molecule has 20 heavy (non-hydrogen) atoms. The molecule has 0 bridgehead atoms. The minimum absolute atomic E-state index is 0.00921. The average Bonchev–Trinajstić information content (AvgIpc) is 2.96. The summed E-state index contributed by atoms with van der Waals surface area (Å²) in [6, 6.07) is 9.23. The summed E-state index contributed by atoms with van der Waals surface area (Å²) < 4.78 is 0. The van der Waals surface area contributed by atoms with E-state index < -0.39 is 0 Å². The number of hydrogen-bond donors (Lipinski definition) is 1. The van der Waals surface area contributed by atoms with Gasteiger partial charge >= 0.3 is 0 Å². The van der Waals surface area contributed by atoms with Crippen molar-refractivity contribution in [1.82, 2.24) is 4.90 Å². The van der Waals surface area contributed by atoms with Gasteiger partial charge in [-0.25, -0.2) is 0 Å². The van der Waals surface area contributed by atoms with Crippen LogP contribution in [0.4, 0.5) is 0 Å². The number of carbonyl (C=O) groups is 1. The maximum absolute atomic E-state index is 12.7. The molecule has 2 atom stereocenters. The number of nitrogens with zero attached hydrogens (tertiary/aromatic N) is 2. The Labute approximate surface area is 120 Å². The van der Waals surface area contributed by atoms with Gasteiger partial charge in [-0.3, -0.25) is 4.79 Å². The summed E-state index contributed by atoms with van der Waals surface area (Å²) in [5, 5.41) is 8.94. The minimum atomic E-state index is 0.00921. The highest BCUT2D eigenvalue weighted by Crippen LogP contribution is 2.30. The van der Waals surface area contributed by atoms with Gasteiger partial charge in [-0.05, 0) is 50.4 Å². The van der Waals surface area contributed by atoms with E-state index in [0.29, 0.717) is 30.1 Å². The maximum Gasteiger partial charge on any atom is 0.254 e. The van der Waals surface area contributed by atoms with E-state index in [1.54, 1.807) is 24.3 Å². The summed E-state index contributed by atoms with van der Waals surface area (Å²) in [5.74, 6) is 0.410. The third-order valence-corrected chi connectivity index (χ3v) is 4.16. The summed E-state index contributed by atoms with van der Waals surface area (Å²) in [6.45, 7) is 3.31. The van der Waals surface area contributed by atoms with Crippen LogP contribution < -0.4 is 5.73 Å². The van der Waals surface area contributed by atoms with Crippen molar-refractivity contribution in [3.63, 3.8) is 0 Å².